The largest absolute Gasteiger partial charge is 0.465 e. The predicted molar refractivity (Wildman–Crippen MR) is 91.0 cm³/mol. The van der Waals surface area contributed by atoms with Gasteiger partial charge in [0.25, 0.3) is 5.91 Å². The van der Waals surface area contributed by atoms with Crippen LogP contribution in [0.1, 0.15) is 51.6 Å². The molecule has 0 aliphatic carbocycles. The molecule has 0 fully saturated rings. The number of hydrogen-bond donors (Lipinski definition) is 1. The number of hydrogen-bond acceptors (Lipinski definition) is 3. The molecule has 1 N–H and O–H groups in total. The van der Waals surface area contributed by atoms with E-state index in [1.807, 2.05) is 25.1 Å². The van der Waals surface area contributed by atoms with Crippen molar-refractivity contribution in [2.45, 2.75) is 26.7 Å². The first-order valence-corrected chi connectivity index (χ1v) is 7.53. The van der Waals surface area contributed by atoms with Gasteiger partial charge in [0.15, 0.2) is 0 Å². The van der Waals surface area contributed by atoms with Crippen LogP contribution in [0.15, 0.2) is 42.5 Å². The molecule has 0 aliphatic rings. The highest BCUT2D eigenvalue weighted by atomic mass is 16.5. The number of benzene rings is 2. The molecule has 0 heterocycles. The Morgan fingerprint density at radius 2 is 1.70 bits per heavy atom. The summed E-state index contributed by atoms with van der Waals surface area (Å²) in [7, 11) is 1.32. The van der Waals surface area contributed by atoms with Crippen molar-refractivity contribution in [2.75, 3.05) is 12.4 Å². The molecule has 0 radical (unpaired) electrons. The average molecular weight is 311 g/mol. The molecule has 1 amide bonds. The summed E-state index contributed by atoms with van der Waals surface area (Å²) in [6, 6.07) is 12.5. The number of nitrogens with one attached hydrogen (secondary N) is 1. The molecule has 0 spiro atoms. The normalized spacial score (nSPS) is 10.5. The quantitative estimate of drug-likeness (QED) is 0.863. The number of carbonyl (C=O) groups excluding carboxylic acids is 2. The second kappa shape index (κ2) is 7.09. The molecule has 4 nitrogen and oxygen atoms in total. The average Bonchev–Trinajstić information content (AvgIpc) is 2.55. The summed E-state index contributed by atoms with van der Waals surface area (Å²) in [5.74, 6) is -0.406. The number of methoxy groups -OCH3 is 1. The standard InChI is InChI=1S/C19H21NO3/c1-12(2)16-10-5-7-13(3)17(16)20-18(21)14-8-6-9-15(11-14)19(22)23-4/h5-12H,1-4H3,(H,20,21). The van der Waals surface area contributed by atoms with Crippen LogP contribution >= 0.6 is 0 Å². The van der Waals surface area contributed by atoms with E-state index in [9.17, 15) is 9.59 Å². The summed E-state index contributed by atoms with van der Waals surface area (Å²) in [5.41, 5.74) is 3.70. The molecule has 0 bridgehead atoms. The Balaban J connectivity index is 2.32. The van der Waals surface area contributed by atoms with Gasteiger partial charge in [-0.2, -0.15) is 0 Å². The second-order valence-corrected chi connectivity index (χ2v) is 5.72. The Morgan fingerprint density at radius 1 is 1.04 bits per heavy atom. The fraction of sp³-hybridized carbons (Fsp3) is 0.263. The minimum absolute atomic E-state index is 0.244. The Morgan fingerprint density at radius 3 is 2.35 bits per heavy atom. The van der Waals surface area contributed by atoms with Crippen molar-refractivity contribution in [3.8, 4) is 0 Å². The van der Waals surface area contributed by atoms with Gasteiger partial charge < -0.3 is 10.1 Å². The smallest absolute Gasteiger partial charge is 0.337 e. The van der Waals surface area contributed by atoms with Gasteiger partial charge in [0.05, 0.1) is 12.7 Å². The van der Waals surface area contributed by atoms with Crippen molar-refractivity contribution >= 4 is 17.6 Å². The van der Waals surface area contributed by atoms with Crippen molar-refractivity contribution in [1.29, 1.82) is 0 Å². The van der Waals surface area contributed by atoms with Crippen LogP contribution in [0.5, 0.6) is 0 Å². The third kappa shape index (κ3) is 3.77. The molecule has 2 rings (SSSR count). The second-order valence-electron chi connectivity index (χ2n) is 5.72. The van der Waals surface area contributed by atoms with E-state index in [1.165, 1.54) is 13.2 Å². The first kappa shape index (κ1) is 16.7. The van der Waals surface area contributed by atoms with Crippen LogP contribution in [0.2, 0.25) is 0 Å². The van der Waals surface area contributed by atoms with E-state index in [0.717, 1.165) is 16.8 Å². The summed E-state index contributed by atoms with van der Waals surface area (Å²) >= 11 is 0. The van der Waals surface area contributed by atoms with Crippen LogP contribution in [-0.4, -0.2) is 19.0 Å². The van der Waals surface area contributed by atoms with E-state index in [-0.39, 0.29) is 5.91 Å². The zero-order valence-corrected chi connectivity index (χ0v) is 13.8. The summed E-state index contributed by atoms with van der Waals surface area (Å²) in [6.45, 7) is 6.14. The molecular weight excluding hydrogens is 290 g/mol. The third-order valence-corrected chi connectivity index (χ3v) is 3.71. The van der Waals surface area contributed by atoms with Crippen molar-refractivity contribution in [1.82, 2.24) is 0 Å². The lowest BCUT2D eigenvalue weighted by Gasteiger charge is -2.16. The number of esters is 1. The van der Waals surface area contributed by atoms with Crippen LogP contribution in [0.4, 0.5) is 5.69 Å². The number of amides is 1. The summed E-state index contributed by atoms with van der Waals surface area (Å²) in [5, 5.41) is 2.97. The van der Waals surface area contributed by atoms with Gasteiger partial charge in [0.2, 0.25) is 0 Å². The topological polar surface area (TPSA) is 55.4 Å². The van der Waals surface area contributed by atoms with Gasteiger partial charge in [0.1, 0.15) is 0 Å². The number of aryl methyl sites for hydroxylation is 1. The molecule has 4 heteroatoms. The lowest BCUT2D eigenvalue weighted by molar-refractivity contribution is 0.0600. The van der Waals surface area contributed by atoms with E-state index >= 15 is 0 Å². The van der Waals surface area contributed by atoms with E-state index in [1.54, 1.807) is 18.2 Å². The van der Waals surface area contributed by atoms with E-state index in [2.05, 4.69) is 23.9 Å². The van der Waals surface area contributed by atoms with E-state index < -0.39 is 5.97 Å². The van der Waals surface area contributed by atoms with E-state index in [0.29, 0.717) is 17.0 Å². The van der Waals surface area contributed by atoms with Gasteiger partial charge in [-0.05, 0) is 42.2 Å². The first-order chi connectivity index (χ1) is 10.9. The fourth-order valence-electron chi connectivity index (χ4n) is 2.43. The van der Waals surface area contributed by atoms with Gasteiger partial charge in [-0.25, -0.2) is 4.79 Å². The van der Waals surface area contributed by atoms with Crippen molar-refractivity contribution < 1.29 is 14.3 Å². The molecule has 2 aromatic rings. The molecule has 2 aromatic carbocycles. The number of carbonyl (C=O) groups is 2. The zero-order chi connectivity index (χ0) is 17.0. The highest BCUT2D eigenvalue weighted by molar-refractivity contribution is 6.06. The lowest BCUT2D eigenvalue weighted by Crippen LogP contribution is -2.15. The molecule has 0 saturated carbocycles. The monoisotopic (exact) mass is 311 g/mol. The van der Waals surface area contributed by atoms with Crippen LogP contribution in [-0.2, 0) is 4.74 Å². The third-order valence-electron chi connectivity index (χ3n) is 3.71. The maximum atomic E-state index is 12.5. The Bertz CT molecular complexity index is 735. The molecule has 120 valence electrons. The molecule has 23 heavy (non-hydrogen) atoms. The fourth-order valence-corrected chi connectivity index (χ4v) is 2.43. The van der Waals surface area contributed by atoms with Gasteiger partial charge >= 0.3 is 5.97 Å². The Labute approximate surface area is 136 Å². The predicted octanol–water partition coefficient (Wildman–Crippen LogP) is 4.16. The Kier molecular flexibility index (Phi) is 5.16. The molecule has 0 aromatic heterocycles. The van der Waals surface area contributed by atoms with Gasteiger partial charge in [0, 0.05) is 11.3 Å². The lowest BCUT2D eigenvalue weighted by atomic mass is 9.98. The first-order valence-electron chi connectivity index (χ1n) is 7.53. The van der Waals surface area contributed by atoms with Crippen molar-refractivity contribution in [3.63, 3.8) is 0 Å². The molecule has 0 atom stereocenters. The van der Waals surface area contributed by atoms with Crippen molar-refractivity contribution in [3.05, 3.63) is 64.7 Å². The van der Waals surface area contributed by atoms with E-state index in [4.69, 9.17) is 0 Å². The van der Waals surface area contributed by atoms with Crippen LogP contribution in [0.25, 0.3) is 0 Å². The summed E-state index contributed by atoms with van der Waals surface area (Å²) < 4.78 is 4.69. The number of ether oxygens (including phenoxy) is 1. The summed E-state index contributed by atoms with van der Waals surface area (Å²) in [6.07, 6.45) is 0. The minimum atomic E-state index is -0.460. The number of anilines is 1. The Hall–Kier alpha value is -2.62. The van der Waals surface area contributed by atoms with Gasteiger partial charge in [-0.1, -0.05) is 38.1 Å². The van der Waals surface area contributed by atoms with Crippen molar-refractivity contribution in [2.24, 2.45) is 0 Å². The highest BCUT2D eigenvalue weighted by Crippen LogP contribution is 2.27. The number of rotatable bonds is 4. The maximum Gasteiger partial charge on any atom is 0.337 e. The highest BCUT2D eigenvalue weighted by Gasteiger charge is 2.15. The maximum absolute atomic E-state index is 12.5. The van der Waals surface area contributed by atoms with Gasteiger partial charge in [-0.3, -0.25) is 4.79 Å². The molecule has 0 saturated heterocycles. The molecule has 0 unspecified atom stereocenters. The number of para-hydroxylation sites is 1. The van der Waals surface area contributed by atoms with Crippen LogP contribution < -0.4 is 5.32 Å². The SMILES string of the molecule is COC(=O)c1cccc(C(=O)Nc2c(C)cccc2C(C)C)c1. The zero-order valence-electron chi connectivity index (χ0n) is 13.8. The molecular formula is C19H21NO3. The van der Waals surface area contributed by atoms with Crippen LogP contribution in [0.3, 0.4) is 0 Å². The van der Waals surface area contributed by atoms with Gasteiger partial charge in [-0.15, -0.1) is 0 Å². The minimum Gasteiger partial charge on any atom is -0.465 e. The summed E-state index contributed by atoms with van der Waals surface area (Å²) in [4.78, 5) is 24.1. The molecule has 0 aliphatic heterocycles. The van der Waals surface area contributed by atoms with Crippen LogP contribution in [0, 0.1) is 6.92 Å².